The molecule has 0 aromatic heterocycles. The van der Waals surface area contributed by atoms with Crippen LogP contribution in [-0.4, -0.2) is 47.8 Å². The highest BCUT2D eigenvalue weighted by molar-refractivity contribution is 7.47. The SMILES string of the molecule is CC/C=C\C/C=C\C/C=C\C/C=C\CCCCCCCCCCCCC(=O)NC(COP(=O)(O)OCCN)C(O)/C=C/CC/C=C/CCCCCCCCCC. The van der Waals surface area contributed by atoms with E-state index in [2.05, 4.69) is 79.9 Å². The summed E-state index contributed by atoms with van der Waals surface area (Å²) in [6.45, 7) is 3.98. The van der Waals surface area contributed by atoms with E-state index >= 15 is 0 Å². The number of hydrogen-bond acceptors (Lipinski definition) is 6. The van der Waals surface area contributed by atoms with E-state index in [4.69, 9.17) is 14.8 Å². The number of aliphatic hydroxyl groups excluding tert-OH is 1. The maximum atomic E-state index is 12.8. The Morgan fingerprint density at radius 2 is 1.05 bits per heavy atom. The fourth-order valence-electron chi connectivity index (χ4n) is 6.14. The molecule has 0 aromatic carbocycles. The average Bonchev–Trinajstić information content (AvgIpc) is 3.19. The first-order valence-corrected chi connectivity index (χ1v) is 24.1. The predicted molar refractivity (Wildman–Crippen MR) is 240 cm³/mol. The van der Waals surface area contributed by atoms with E-state index < -0.39 is 20.0 Å². The van der Waals surface area contributed by atoms with Crippen LogP contribution in [0.2, 0.25) is 0 Å². The van der Waals surface area contributed by atoms with Crippen LogP contribution >= 0.6 is 7.82 Å². The lowest BCUT2D eigenvalue weighted by Gasteiger charge is -2.23. The Hall–Kier alpha value is -2.06. The minimum atomic E-state index is -4.35. The molecule has 0 rings (SSSR count). The number of amides is 1. The standard InChI is InChI=1S/C47H85N2O6P/c1-3-5-7-9-11-13-15-17-19-20-21-22-23-24-25-26-27-29-31-33-35-37-39-41-47(51)49-45(44-55-56(52,53)54-43-42-48)46(50)40-38-36-34-32-30-28-18-16-14-12-10-8-6-4-2/h5,7,11,13,17,19,21-22,30,32,38,40,45-46,50H,3-4,6,8-10,12,14-16,18,20,23-29,31,33-37,39,41-44,48H2,1-2H3,(H,49,51)(H,52,53)/b7-5-,13-11-,19-17-,22-21-,32-30+,40-38+. The molecule has 0 aromatic rings. The van der Waals surface area contributed by atoms with Crippen molar-refractivity contribution in [1.29, 1.82) is 0 Å². The zero-order chi connectivity index (χ0) is 41.1. The van der Waals surface area contributed by atoms with Crippen LogP contribution in [0.4, 0.5) is 0 Å². The number of hydrogen-bond donors (Lipinski definition) is 4. The van der Waals surface area contributed by atoms with Gasteiger partial charge in [-0.1, -0.05) is 183 Å². The Morgan fingerprint density at radius 1 is 0.607 bits per heavy atom. The second-order valence-electron chi connectivity index (χ2n) is 14.9. The van der Waals surface area contributed by atoms with E-state index in [1.54, 1.807) is 6.08 Å². The van der Waals surface area contributed by atoms with Crippen molar-refractivity contribution in [3.8, 4) is 0 Å². The number of phosphoric acid groups is 1. The van der Waals surface area contributed by atoms with Crippen molar-refractivity contribution >= 4 is 13.7 Å². The molecule has 56 heavy (non-hydrogen) atoms. The summed E-state index contributed by atoms with van der Waals surface area (Å²) in [5.41, 5.74) is 5.37. The Labute approximate surface area is 344 Å². The molecule has 0 bridgehead atoms. The molecule has 1 amide bonds. The number of carbonyl (C=O) groups excluding carboxylic acids is 1. The summed E-state index contributed by atoms with van der Waals surface area (Å²) in [6, 6.07) is -0.882. The van der Waals surface area contributed by atoms with Gasteiger partial charge in [0.25, 0.3) is 0 Å². The molecule has 0 fully saturated rings. The Bertz CT molecular complexity index is 1100. The van der Waals surface area contributed by atoms with Gasteiger partial charge in [-0.25, -0.2) is 4.57 Å². The first-order valence-electron chi connectivity index (χ1n) is 22.6. The fourth-order valence-corrected chi connectivity index (χ4v) is 6.90. The molecule has 0 saturated carbocycles. The summed E-state index contributed by atoms with van der Waals surface area (Å²) < 4.78 is 22.1. The molecule has 8 nitrogen and oxygen atoms in total. The van der Waals surface area contributed by atoms with Gasteiger partial charge in [-0.3, -0.25) is 13.8 Å². The summed E-state index contributed by atoms with van der Waals surface area (Å²) >= 11 is 0. The lowest BCUT2D eigenvalue weighted by Crippen LogP contribution is -2.45. The van der Waals surface area contributed by atoms with E-state index in [9.17, 15) is 19.4 Å². The predicted octanol–water partition coefficient (Wildman–Crippen LogP) is 12.8. The van der Waals surface area contributed by atoms with E-state index in [0.29, 0.717) is 6.42 Å². The summed E-state index contributed by atoms with van der Waals surface area (Å²) in [7, 11) is -4.35. The highest BCUT2D eigenvalue weighted by Crippen LogP contribution is 2.43. The minimum absolute atomic E-state index is 0.0702. The molecule has 3 atom stereocenters. The largest absolute Gasteiger partial charge is 0.472 e. The Kier molecular flexibility index (Phi) is 41.0. The molecule has 0 spiro atoms. The monoisotopic (exact) mass is 805 g/mol. The number of rotatable bonds is 41. The number of aliphatic hydroxyl groups is 1. The van der Waals surface area contributed by atoms with Gasteiger partial charge in [0.1, 0.15) is 0 Å². The Morgan fingerprint density at radius 3 is 1.59 bits per heavy atom. The van der Waals surface area contributed by atoms with Crippen LogP contribution in [0, 0.1) is 0 Å². The van der Waals surface area contributed by atoms with Gasteiger partial charge in [-0.05, 0) is 70.6 Å². The molecule has 5 N–H and O–H groups in total. The fraction of sp³-hybridized carbons (Fsp3) is 0.723. The van der Waals surface area contributed by atoms with Crippen LogP contribution in [0.1, 0.15) is 187 Å². The van der Waals surface area contributed by atoms with Crippen LogP contribution in [0.5, 0.6) is 0 Å². The van der Waals surface area contributed by atoms with E-state index in [-0.39, 0.29) is 25.7 Å². The minimum Gasteiger partial charge on any atom is -0.387 e. The summed E-state index contributed by atoms with van der Waals surface area (Å²) in [6.07, 6.45) is 55.3. The van der Waals surface area contributed by atoms with Crippen molar-refractivity contribution in [2.75, 3.05) is 19.8 Å². The number of allylic oxidation sites excluding steroid dienone is 11. The molecule has 9 heteroatoms. The highest BCUT2D eigenvalue weighted by atomic mass is 31.2. The summed E-state index contributed by atoms with van der Waals surface area (Å²) in [5.74, 6) is -0.212. The number of nitrogens with one attached hydrogen (secondary N) is 1. The summed E-state index contributed by atoms with van der Waals surface area (Å²) in [5, 5.41) is 13.6. The molecular weight excluding hydrogens is 719 g/mol. The van der Waals surface area contributed by atoms with Gasteiger partial charge in [-0.2, -0.15) is 0 Å². The highest BCUT2D eigenvalue weighted by Gasteiger charge is 2.26. The third-order valence-corrected chi connectivity index (χ3v) is 10.5. The number of unbranched alkanes of at least 4 members (excludes halogenated alkanes) is 19. The van der Waals surface area contributed by atoms with E-state index in [1.807, 2.05) is 6.08 Å². The molecule has 0 saturated heterocycles. The molecule has 324 valence electrons. The molecule has 0 aliphatic rings. The maximum Gasteiger partial charge on any atom is 0.472 e. The van der Waals surface area contributed by atoms with Crippen molar-refractivity contribution in [3.63, 3.8) is 0 Å². The van der Waals surface area contributed by atoms with Crippen LogP contribution in [-0.2, 0) is 18.4 Å². The lowest BCUT2D eigenvalue weighted by molar-refractivity contribution is -0.123. The van der Waals surface area contributed by atoms with E-state index in [0.717, 1.165) is 70.6 Å². The molecule has 3 unspecified atom stereocenters. The lowest BCUT2D eigenvalue weighted by atomic mass is 10.0. The van der Waals surface area contributed by atoms with Crippen molar-refractivity contribution in [2.24, 2.45) is 5.73 Å². The van der Waals surface area contributed by atoms with Gasteiger partial charge in [0.2, 0.25) is 5.91 Å². The number of carbonyl (C=O) groups is 1. The molecule has 0 heterocycles. The zero-order valence-corrected chi connectivity index (χ0v) is 36.7. The van der Waals surface area contributed by atoms with Gasteiger partial charge in [0.05, 0.1) is 25.4 Å². The molecule has 0 radical (unpaired) electrons. The molecular formula is C47H85N2O6P. The van der Waals surface area contributed by atoms with Crippen LogP contribution in [0.15, 0.2) is 72.9 Å². The van der Waals surface area contributed by atoms with Gasteiger partial charge < -0.3 is 21.1 Å². The van der Waals surface area contributed by atoms with Gasteiger partial charge in [0, 0.05) is 13.0 Å². The van der Waals surface area contributed by atoms with Crippen molar-refractivity contribution < 1.29 is 28.4 Å². The second kappa shape index (κ2) is 42.5. The normalized spacial score (nSPS) is 14.7. The van der Waals surface area contributed by atoms with Crippen LogP contribution in [0.25, 0.3) is 0 Å². The van der Waals surface area contributed by atoms with Gasteiger partial charge in [0.15, 0.2) is 0 Å². The quantitative estimate of drug-likeness (QED) is 0.0275. The smallest absolute Gasteiger partial charge is 0.387 e. The summed E-state index contributed by atoms with van der Waals surface area (Å²) in [4.78, 5) is 22.7. The van der Waals surface area contributed by atoms with E-state index in [1.165, 1.54) is 96.3 Å². The first kappa shape index (κ1) is 53.9. The average molecular weight is 805 g/mol. The van der Waals surface area contributed by atoms with Crippen molar-refractivity contribution in [2.45, 2.75) is 199 Å². The van der Waals surface area contributed by atoms with Crippen LogP contribution in [0.3, 0.4) is 0 Å². The number of nitrogens with two attached hydrogens (primary N) is 1. The van der Waals surface area contributed by atoms with Crippen molar-refractivity contribution in [3.05, 3.63) is 72.9 Å². The third kappa shape index (κ3) is 40.1. The Balaban J connectivity index is 4.19. The molecule has 0 aliphatic heterocycles. The second-order valence-corrected chi connectivity index (χ2v) is 16.3. The first-order chi connectivity index (χ1) is 27.4. The number of phosphoric ester groups is 1. The topological polar surface area (TPSA) is 131 Å². The van der Waals surface area contributed by atoms with Gasteiger partial charge >= 0.3 is 7.82 Å². The van der Waals surface area contributed by atoms with Gasteiger partial charge in [-0.15, -0.1) is 0 Å². The maximum absolute atomic E-state index is 12.8. The zero-order valence-electron chi connectivity index (χ0n) is 35.8. The molecule has 0 aliphatic carbocycles. The van der Waals surface area contributed by atoms with Crippen molar-refractivity contribution in [1.82, 2.24) is 5.32 Å². The van der Waals surface area contributed by atoms with Crippen LogP contribution < -0.4 is 11.1 Å². The third-order valence-electron chi connectivity index (χ3n) is 9.52.